The Balaban J connectivity index is 1.74. The van der Waals surface area contributed by atoms with E-state index in [0.717, 1.165) is 34.7 Å². The van der Waals surface area contributed by atoms with E-state index in [2.05, 4.69) is 15.6 Å². The van der Waals surface area contributed by atoms with Gasteiger partial charge < -0.3 is 14.6 Å². The van der Waals surface area contributed by atoms with Crippen LogP contribution in [-0.4, -0.2) is 20.8 Å². The molecule has 2 heterocycles. The lowest BCUT2D eigenvalue weighted by atomic mass is 10.1. The number of carbonyl (C=O) groups is 1. The van der Waals surface area contributed by atoms with Crippen molar-refractivity contribution in [1.82, 2.24) is 20.3 Å². The zero-order chi connectivity index (χ0) is 21.1. The quantitative estimate of drug-likeness (QED) is 0.647. The normalized spacial score (nSPS) is 12.1. The molecule has 0 radical (unpaired) electrons. The minimum atomic E-state index is -0.294. The largest absolute Gasteiger partial charge is 0.488 e. The molecule has 1 unspecified atom stereocenters. The van der Waals surface area contributed by atoms with Crippen LogP contribution in [0.25, 0.3) is 0 Å². The number of rotatable bonds is 7. The number of benzene rings is 1. The molecule has 0 aliphatic heterocycles. The number of amides is 1. The van der Waals surface area contributed by atoms with E-state index in [0.29, 0.717) is 11.3 Å². The lowest BCUT2D eigenvalue weighted by Crippen LogP contribution is -2.28. The predicted molar refractivity (Wildman–Crippen MR) is 110 cm³/mol. The van der Waals surface area contributed by atoms with Crippen molar-refractivity contribution in [3.63, 3.8) is 0 Å². The molecular formula is C22H28N4O3. The number of aromatic nitrogens is 3. The van der Waals surface area contributed by atoms with Crippen LogP contribution in [0.3, 0.4) is 0 Å². The Hall–Kier alpha value is -3.09. The van der Waals surface area contributed by atoms with Crippen LogP contribution < -0.4 is 10.1 Å². The molecule has 0 bridgehead atoms. The van der Waals surface area contributed by atoms with E-state index < -0.39 is 0 Å². The number of nitrogens with zero attached hydrogens (tertiary/aromatic N) is 3. The summed E-state index contributed by atoms with van der Waals surface area (Å²) in [6, 6.07) is 5.83. The van der Waals surface area contributed by atoms with E-state index in [9.17, 15) is 4.79 Å². The average molecular weight is 396 g/mol. The van der Waals surface area contributed by atoms with Crippen LogP contribution in [0.15, 0.2) is 28.9 Å². The van der Waals surface area contributed by atoms with Crippen molar-refractivity contribution in [2.75, 3.05) is 0 Å². The Bertz CT molecular complexity index is 1020. The molecule has 0 fully saturated rings. The molecule has 1 N–H and O–H groups in total. The molecule has 29 heavy (non-hydrogen) atoms. The topological polar surface area (TPSA) is 82.2 Å². The summed E-state index contributed by atoms with van der Waals surface area (Å²) in [6.07, 6.45) is 1.96. The number of nitrogens with one attached hydrogen (secondary N) is 1. The van der Waals surface area contributed by atoms with Gasteiger partial charge in [0, 0.05) is 18.3 Å². The highest BCUT2D eigenvalue weighted by atomic mass is 16.5. The molecule has 0 spiro atoms. The first-order valence-corrected chi connectivity index (χ1v) is 9.80. The van der Waals surface area contributed by atoms with E-state index in [-0.39, 0.29) is 24.2 Å². The number of carbonyl (C=O) groups excluding carboxylic acids is 1. The van der Waals surface area contributed by atoms with Crippen molar-refractivity contribution in [1.29, 1.82) is 0 Å². The van der Waals surface area contributed by atoms with Gasteiger partial charge in [-0.15, -0.1) is 0 Å². The third kappa shape index (κ3) is 4.50. The summed E-state index contributed by atoms with van der Waals surface area (Å²) >= 11 is 0. The fourth-order valence-corrected chi connectivity index (χ4v) is 3.22. The number of aryl methyl sites for hydroxylation is 5. The standard InChI is InChI=1S/C22H28N4O3/c1-7-26-11-18(16(5)24-26)15(4)23-22(27)21-19(17(6)29-25-21)12-28-20-10-13(2)8-9-14(20)3/h8-11,15H,7,12H2,1-6H3,(H,23,27). The van der Waals surface area contributed by atoms with Crippen molar-refractivity contribution in [2.24, 2.45) is 0 Å². The summed E-state index contributed by atoms with van der Waals surface area (Å²) in [7, 11) is 0. The molecule has 0 saturated carbocycles. The molecule has 1 aromatic carbocycles. The predicted octanol–water partition coefficient (Wildman–Crippen LogP) is 4.19. The van der Waals surface area contributed by atoms with Gasteiger partial charge in [0.2, 0.25) is 0 Å². The molecule has 1 amide bonds. The maximum absolute atomic E-state index is 12.9. The van der Waals surface area contributed by atoms with Crippen LogP contribution in [0, 0.1) is 27.7 Å². The fraction of sp³-hybridized carbons (Fsp3) is 0.409. The smallest absolute Gasteiger partial charge is 0.274 e. The maximum Gasteiger partial charge on any atom is 0.274 e. The number of hydrogen-bond acceptors (Lipinski definition) is 5. The number of hydrogen-bond donors (Lipinski definition) is 1. The summed E-state index contributed by atoms with van der Waals surface area (Å²) in [6.45, 7) is 12.7. The summed E-state index contributed by atoms with van der Waals surface area (Å²) in [5, 5.41) is 11.4. The lowest BCUT2D eigenvalue weighted by molar-refractivity contribution is 0.0928. The summed E-state index contributed by atoms with van der Waals surface area (Å²) in [4.78, 5) is 12.9. The molecule has 0 aliphatic carbocycles. The Kier molecular flexibility index (Phi) is 6.06. The second-order valence-electron chi connectivity index (χ2n) is 7.34. The Morgan fingerprint density at radius 3 is 2.72 bits per heavy atom. The molecule has 0 saturated heterocycles. The van der Waals surface area contributed by atoms with Gasteiger partial charge in [0.1, 0.15) is 18.1 Å². The van der Waals surface area contributed by atoms with Gasteiger partial charge in [-0.05, 0) is 58.7 Å². The van der Waals surface area contributed by atoms with E-state index in [4.69, 9.17) is 9.26 Å². The molecule has 1 atom stereocenters. The minimum Gasteiger partial charge on any atom is -0.488 e. The van der Waals surface area contributed by atoms with Crippen molar-refractivity contribution in [3.05, 3.63) is 63.8 Å². The van der Waals surface area contributed by atoms with E-state index >= 15 is 0 Å². The van der Waals surface area contributed by atoms with E-state index in [1.54, 1.807) is 6.92 Å². The van der Waals surface area contributed by atoms with Gasteiger partial charge in [-0.25, -0.2) is 0 Å². The zero-order valence-electron chi connectivity index (χ0n) is 17.9. The molecular weight excluding hydrogens is 368 g/mol. The Morgan fingerprint density at radius 2 is 2.03 bits per heavy atom. The average Bonchev–Trinajstić information content (AvgIpc) is 3.24. The summed E-state index contributed by atoms with van der Waals surface area (Å²) in [5.41, 5.74) is 4.93. The van der Waals surface area contributed by atoms with Gasteiger partial charge in [-0.3, -0.25) is 9.48 Å². The summed E-state index contributed by atoms with van der Waals surface area (Å²) in [5.74, 6) is 1.06. The van der Waals surface area contributed by atoms with Crippen LogP contribution >= 0.6 is 0 Å². The van der Waals surface area contributed by atoms with Gasteiger partial charge >= 0.3 is 0 Å². The second-order valence-corrected chi connectivity index (χ2v) is 7.34. The second kappa shape index (κ2) is 8.51. The first kappa shape index (κ1) is 20.6. The van der Waals surface area contributed by atoms with Crippen LogP contribution in [0.5, 0.6) is 5.75 Å². The summed E-state index contributed by atoms with van der Waals surface area (Å²) < 4.78 is 13.1. The van der Waals surface area contributed by atoms with Crippen molar-refractivity contribution < 1.29 is 14.1 Å². The van der Waals surface area contributed by atoms with Crippen LogP contribution in [0.2, 0.25) is 0 Å². The maximum atomic E-state index is 12.9. The lowest BCUT2D eigenvalue weighted by Gasteiger charge is -2.13. The monoisotopic (exact) mass is 396 g/mol. The molecule has 2 aromatic heterocycles. The van der Waals surface area contributed by atoms with Crippen molar-refractivity contribution in [3.8, 4) is 5.75 Å². The Morgan fingerprint density at radius 1 is 1.28 bits per heavy atom. The highest BCUT2D eigenvalue weighted by Crippen LogP contribution is 2.23. The number of ether oxygens (including phenoxy) is 1. The molecule has 3 aromatic rings. The highest BCUT2D eigenvalue weighted by Gasteiger charge is 2.23. The highest BCUT2D eigenvalue weighted by molar-refractivity contribution is 5.94. The van der Waals surface area contributed by atoms with Crippen LogP contribution in [-0.2, 0) is 13.2 Å². The SMILES string of the molecule is CCn1cc(C(C)NC(=O)c2noc(C)c2COc2cc(C)ccc2C)c(C)n1. The first-order chi connectivity index (χ1) is 13.8. The van der Waals surface area contributed by atoms with Crippen molar-refractivity contribution >= 4 is 5.91 Å². The van der Waals surface area contributed by atoms with E-state index in [1.165, 1.54) is 0 Å². The van der Waals surface area contributed by atoms with E-state index in [1.807, 2.05) is 63.7 Å². The minimum absolute atomic E-state index is 0.201. The third-order valence-electron chi connectivity index (χ3n) is 5.04. The molecule has 7 nitrogen and oxygen atoms in total. The van der Waals surface area contributed by atoms with Gasteiger partial charge in [0.05, 0.1) is 17.3 Å². The fourth-order valence-electron chi connectivity index (χ4n) is 3.22. The third-order valence-corrected chi connectivity index (χ3v) is 5.04. The van der Waals surface area contributed by atoms with Crippen molar-refractivity contribution in [2.45, 2.75) is 60.7 Å². The molecule has 7 heteroatoms. The molecule has 154 valence electrons. The molecule has 0 aliphatic rings. The van der Waals surface area contributed by atoms with Gasteiger partial charge in [0.15, 0.2) is 5.69 Å². The van der Waals surface area contributed by atoms with Crippen LogP contribution in [0.1, 0.15) is 64.1 Å². The Labute approximate surface area is 171 Å². The first-order valence-electron chi connectivity index (χ1n) is 9.80. The van der Waals surface area contributed by atoms with Crippen LogP contribution in [0.4, 0.5) is 0 Å². The van der Waals surface area contributed by atoms with Gasteiger partial charge in [-0.2, -0.15) is 5.10 Å². The molecule has 3 rings (SSSR count). The zero-order valence-corrected chi connectivity index (χ0v) is 17.9. The van der Waals surface area contributed by atoms with Gasteiger partial charge in [0.25, 0.3) is 5.91 Å². The van der Waals surface area contributed by atoms with Gasteiger partial charge in [-0.1, -0.05) is 17.3 Å².